The van der Waals surface area contributed by atoms with Crippen molar-refractivity contribution in [1.82, 2.24) is 5.32 Å². The average Bonchev–Trinajstić information content (AvgIpc) is 2.78. The Labute approximate surface area is 104 Å². The molecule has 1 aromatic heterocycles. The van der Waals surface area contributed by atoms with Crippen molar-refractivity contribution in [2.75, 3.05) is 6.54 Å². The van der Waals surface area contributed by atoms with E-state index in [1.54, 1.807) is 0 Å². The topological polar surface area (TPSA) is 12.0 Å². The molecule has 15 heavy (non-hydrogen) atoms. The minimum absolute atomic E-state index is 0.906. The van der Waals surface area contributed by atoms with Crippen LogP contribution in [-0.4, -0.2) is 6.54 Å². The molecule has 2 atom stereocenters. The van der Waals surface area contributed by atoms with E-state index in [0.717, 1.165) is 18.4 Å². The average molecular weight is 288 g/mol. The molecular weight excluding hydrogens is 270 g/mol. The summed E-state index contributed by atoms with van der Waals surface area (Å²) in [5.41, 5.74) is 0. The van der Waals surface area contributed by atoms with Crippen LogP contribution in [0.4, 0.5) is 0 Å². The molecule has 0 saturated heterocycles. The molecular formula is C12H18BrNS. The van der Waals surface area contributed by atoms with Gasteiger partial charge in [0.05, 0.1) is 0 Å². The third kappa shape index (κ3) is 3.05. The monoisotopic (exact) mass is 287 g/mol. The van der Waals surface area contributed by atoms with Crippen molar-refractivity contribution in [3.05, 3.63) is 20.8 Å². The fourth-order valence-electron chi connectivity index (χ4n) is 2.35. The van der Waals surface area contributed by atoms with Gasteiger partial charge >= 0.3 is 0 Å². The summed E-state index contributed by atoms with van der Waals surface area (Å²) in [5, 5.41) is 5.72. The first kappa shape index (κ1) is 11.6. The molecule has 84 valence electrons. The van der Waals surface area contributed by atoms with Crippen molar-refractivity contribution in [2.24, 2.45) is 11.8 Å². The molecule has 1 aliphatic rings. The predicted molar refractivity (Wildman–Crippen MR) is 70.2 cm³/mol. The Bertz CT molecular complexity index is 310. The van der Waals surface area contributed by atoms with E-state index in [2.05, 4.69) is 39.6 Å². The minimum atomic E-state index is 0.906. The minimum Gasteiger partial charge on any atom is -0.312 e. The van der Waals surface area contributed by atoms with Crippen LogP contribution in [0.2, 0.25) is 0 Å². The number of hydrogen-bond donors (Lipinski definition) is 1. The highest BCUT2D eigenvalue weighted by Crippen LogP contribution is 2.30. The Hall–Kier alpha value is 0.140. The Morgan fingerprint density at radius 3 is 3.00 bits per heavy atom. The lowest BCUT2D eigenvalue weighted by atomic mass is 9.98. The molecule has 0 aromatic carbocycles. The van der Waals surface area contributed by atoms with Crippen LogP contribution in [0.1, 0.15) is 31.1 Å². The first-order chi connectivity index (χ1) is 7.27. The van der Waals surface area contributed by atoms with E-state index >= 15 is 0 Å². The van der Waals surface area contributed by atoms with Crippen molar-refractivity contribution in [1.29, 1.82) is 0 Å². The Morgan fingerprint density at radius 2 is 2.40 bits per heavy atom. The summed E-state index contributed by atoms with van der Waals surface area (Å²) in [6, 6.07) is 2.12. The SMILES string of the molecule is CC1CCCC1CNCc1sccc1Br. The second-order valence-corrected chi connectivity index (χ2v) is 6.35. The normalized spacial score (nSPS) is 26.0. The van der Waals surface area contributed by atoms with Crippen LogP contribution in [0.3, 0.4) is 0 Å². The summed E-state index contributed by atoms with van der Waals surface area (Å²) in [5.74, 6) is 1.83. The number of nitrogens with one attached hydrogen (secondary N) is 1. The zero-order valence-corrected chi connectivity index (χ0v) is 11.5. The summed E-state index contributed by atoms with van der Waals surface area (Å²) in [7, 11) is 0. The number of rotatable bonds is 4. The summed E-state index contributed by atoms with van der Waals surface area (Å²) in [6.45, 7) is 4.59. The van der Waals surface area contributed by atoms with Gasteiger partial charge in [0.15, 0.2) is 0 Å². The fraction of sp³-hybridized carbons (Fsp3) is 0.667. The summed E-state index contributed by atoms with van der Waals surface area (Å²) in [4.78, 5) is 1.42. The zero-order valence-electron chi connectivity index (χ0n) is 9.13. The molecule has 2 unspecified atom stereocenters. The first-order valence-corrected chi connectivity index (χ1v) is 7.37. The van der Waals surface area contributed by atoms with E-state index in [0.29, 0.717) is 0 Å². The molecule has 2 rings (SSSR count). The van der Waals surface area contributed by atoms with Crippen molar-refractivity contribution >= 4 is 27.3 Å². The van der Waals surface area contributed by atoms with E-state index in [1.807, 2.05) is 11.3 Å². The van der Waals surface area contributed by atoms with Gasteiger partial charge in [-0.3, -0.25) is 0 Å². The quantitative estimate of drug-likeness (QED) is 0.881. The van der Waals surface area contributed by atoms with Gasteiger partial charge in [-0.25, -0.2) is 0 Å². The van der Waals surface area contributed by atoms with E-state index in [9.17, 15) is 0 Å². The molecule has 1 saturated carbocycles. The smallest absolute Gasteiger partial charge is 0.0327 e. The molecule has 1 nitrogen and oxygen atoms in total. The summed E-state index contributed by atoms with van der Waals surface area (Å²) in [6.07, 6.45) is 4.27. The first-order valence-electron chi connectivity index (χ1n) is 5.70. The molecule has 1 heterocycles. The van der Waals surface area contributed by atoms with E-state index in [4.69, 9.17) is 0 Å². The van der Waals surface area contributed by atoms with Gasteiger partial charge in [0, 0.05) is 15.9 Å². The molecule has 0 bridgehead atoms. The van der Waals surface area contributed by atoms with Gasteiger partial charge in [-0.15, -0.1) is 11.3 Å². The van der Waals surface area contributed by atoms with E-state index in [1.165, 1.54) is 35.2 Å². The van der Waals surface area contributed by atoms with Crippen LogP contribution in [0.15, 0.2) is 15.9 Å². The maximum Gasteiger partial charge on any atom is 0.0327 e. The second kappa shape index (κ2) is 5.46. The maximum absolute atomic E-state index is 3.58. The molecule has 1 N–H and O–H groups in total. The number of thiophene rings is 1. The third-order valence-electron chi connectivity index (χ3n) is 3.42. The molecule has 1 aliphatic carbocycles. The molecule has 1 aromatic rings. The molecule has 0 spiro atoms. The number of hydrogen-bond acceptors (Lipinski definition) is 2. The van der Waals surface area contributed by atoms with Crippen LogP contribution < -0.4 is 5.32 Å². The fourth-order valence-corrected chi connectivity index (χ4v) is 3.81. The molecule has 1 fully saturated rings. The largest absolute Gasteiger partial charge is 0.312 e. The summed E-state index contributed by atoms with van der Waals surface area (Å²) >= 11 is 5.39. The summed E-state index contributed by atoms with van der Waals surface area (Å²) < 4.78 is 1.25. The lowest BCUT2D eigenvalue weighted by Gasteiger charge is -2.15. The highest BCUT2D eigenvalue weighted by Gasteiger charge is 2.22. The van der Waals surface area contributed by atoms with Crippen molar-refractivity contribution in [3.63, 3.8) is 0 Å². The van der Waals surface area contributed by atoms with Gasteiger partial charge in [-0.1, -0.05) is 19.8 Å². The standard InChI is InChI=1S/C12H18BrNS/c1-9-3-2-4-10(9)7-14-8-12-11(13)5-6-15-12/h5-6,9-10,14H,2-4,7-8H2,1H3. The molecule has 0 amide bonds. The molecule has 0 radical (unpaired) electrons. The van der Waals surface area contributed by atoms with Gasteiger partial charge in [-0.2, -0.15) is 0 Å². The highest BCUT2D eigenvalue weighted by atomic mass is 79.9. The molecule has 3 heteroatoms. The second-order valence-electron chi connectivity index (χ2n) is 4.49. The van der Waals surface area contributed by atoms with Crippen molar-refractivity contribution in [2.45, 2.75) is 32.7 Å². The van der Waals surface area contributed by atoms with E-state index < -0.39 is 0 Å². The highest BCUT2D eigenvalue weighted by molar-refractivity contribution is 9.10. The van der Waals surface area contributed by atoms with Crippen molar-refractivity contribution in [3.8, 4) is 0 Å². The van der Waals surface area contributed by atoms with Gasteiger partial charge < -0.3 is 5.32 Å². The molecule has 0 aliphatic heterocycles. The zero-order chi connectivity index (χ0) is 10.7. The maximum atomic E-state index is 3.58. The lowest BCUT2D eigenvalue weighted by Crippen LogP contribution is -2.23. The lowest BCUT2D eigenvalue weighted by molar-refractivity contribution is 0.392. The van der Waals surface area contributed by atoms with Gasteiger partial charge in [0.1, 0.15) is 0 Å². The number of halogens is 1. The van der Waals surface area contributed by atoms with Crippen LogP contribution in [0.25, 0.3) is 0 Å². The van der Waals surface area contributed by atoms with Gasteiger partial charge in [0.2, 0.25) is 0 Å². The third-order valence-corrected chi connectivity index (χ3v) is 5.35. The Kier molecular flexibility index (Phi) is 4.23. The van der Waals surface area contributed by atoms with Gasteiger partial charge in [0.25, 0.3) is 0 Å². The predicted octanol–water partition coefficient (Wildman–Crippen LogP) is 4.04. The Morgan fingerprint density at radius 1 is 1.53 bits per heavy atom. The van der Waals surface area contributed by atoms with Crippen LogP contribution in [0, 0.1) is 11.8 Å². The van der Waals surface area contributed by atoms with Crippen molar-refractivity contribution < 1.29 is 0 Å². The van der Waals surface area contributed by atoms with Gasteiger partial charge in [-0.05, 0) is 52.2 Å². The van der Waals surface area contributed by atoms with E-state index in [-0.39, 0.29) is 0 Å². The van der Waals surface area contributed by atoms with Crippen LogP contribution in [0.5, 0.6) is 0 Å². The van der Waals surface area contributed by atoms with Crippen LogP contribution >= 0.6 is 27.3 Å². The van der Waals surface area contributed by atoms with Crippen LogP contribution in [-0.2, 0) is 6.54 Å². The Balaban J connectivity index is 1.73.